The monoisotopic (exact) mass is 311 g/mol. The fraction of sp³-hybridized carbons (Fsp3) is 0.154. The van der Waals surface area contributed by atoms with Gasteiger partial charge in [-0.2, -0.15) is 5.26 Å². The van der Waals surface area contributed by atoms with Crippen molar-refractivity contribution in [1.29, 1.82) is 5.26 Å². The lowest BCUT2D eigenvalue weighted by atomic mass is 10.0. The zero-order valence-electron chi connectivity index (χ0n) is 10.7. The molecule has 0 amide bonds. The van der Waals surface area contributed by atoms with Crippen LogP contribution in [0.25, 0.3) is 11.3 Å². The quantitative estimate of drug-likeness (QED) is 0.698. The lowest BCUT2D eigenvalue weighted by molar-refractivity contribution is 0.151. The highest BCUT2D eigenvalue weighted by Gasteiger charge is 2.23. The SMILES string of the molecule is CSc1nc(-c2c(F)cccc2C(F)F)c(C#N)c(=O)[nH]1. The van der Waals surface area contributed by atoms with Crippen molar-refractivity contribution >= 4 is 11.8 Å². The van der Waals surface area contributed by atoms with Crippen LogP contribution in [0, 0.1) is 17.1 Å². The van der Waals surface area contributed by atoms with Gasteiger partial charge in [0.05, 0.1) is 0 Å². The van der Waals surface area contributed by atoms with Crippen molar-refractivity contribution in [3.05, 3.63) is 45.5 Å². The summed E-state index contributed by atoms with van der Waals surface area (Å²) in [6.07, 6.45) is -1.36. The Morgan fingerprint density at radius 3 is 2.71 bits per heavy atom. The van der Waals surface area contributed by atoms with E-state index in [0.29, 0.717) is 0 Å². The molecule has 0 bridgehead atoms. The van der Waals surface area contributed by atoms with Gasteiger partial charge in [-0.05, 0) is 12.3 Å². The standard InChI is InChI=1S/C13H8F3N3OS/c1-21-13-18-10(7(5-17)12(20)19-13)9-6(11(15)16)3-2-4-8(9)14/h2-4,11H,1H3,(H,18,19,20). The minimum absolute atomic E-state index is 0.109. The number of aromatic amines is 1. The van der Waals surface area contributed by atoms with E-state index in [1.165, 1.54) is 0 Å². The second-order valence-corrected chi connectivity index (χ2v) is 4.71. The first-order chi connectivity index (χ1) is 9.99. The third-order valence-electron chi connectivity index (χ3n) is 2.72. The summed E-state index contributed by atoms with van der Waals surface area (Å²) in [5.41, 5.74) is -2.81. The summed E-state index contributed by atoms with van der Waals surface area (Å²) in [6, 6.07) is 4.72. The summed E-state index contributed by atoms with van der Waals surface area (Å²) in [5.74, 6) is -0.963. The number of benzene rings is 1. The topological polar surface area (TPSA) is 69.5 Å². The van der Waals surface area contributed by atoms with Crippen LogP contribution in [-0.2, 0) is 0 Å². The van der Waals surface area contributed by atoms with Crippen LogP contribution in [-0.4, -0.2) is 16.2 Å². The fourth-order valence-corrected chi connectivity index (χ4v) is 2.18. The van der Waals surface area contributed by atoms with Gasteiger partial charge in [0.1, 0.15) is 23.1 Å². The molecule has 0 fully saturated rings. The molecule has 0 radical (unpaired) electrons. The average molecular weight is 311 g/mol. The Labute approximate surface area is 121 Å². The van der Waals surface area contributed by atoms with Crippen LogP contribution < -0.4 is 5.56 Å². The number of thioether (sulfide) groups is 1. The van der Waals surface area contributed by atoms with E-state index in [9.17, 15) is 18.0 Å². The number of hydrogen-bond acceptors (Lipinski definition) is 4. The second-order valence-electron chi connectivity index (χ2n) is 3.92. The third-order valence-corrected chi connectivity index (χ3v) is 3.30. The van der Waals surface area contributed by atoms with Crippen LogP contribution >= 0.6 is 11.8 Å². The molecule has 8 heteroatoms. The molecule has 0 atom stereocenters. The third kappa shape index (κ3) is 2.78. The number of nitriles is 1. The molecule has 0 spiro atoms. The maximum absolute atomic E-state index is 14.0. The van der Waals surface area contributed by atoms with Gasteiger partial charge in [-0.25, -0.2) is 18.2 Å². The Balaban J connectivity index is 2.88. The molecule has 1 aromatic carbocycles. The highest BCUT2D eigenvalue weighted by atomic mass is 32.2. The molecule has 2 rings (SSSR count). The minimum Gasteiger partial charge on any atom is -0.300 e. The summed E-state index contributed by atoms with van der Waals surface area (Å²) < 4.78 is 40.1. The molecular formula is C13H8F3N3OS. The van der Waals surface area contributed by atoms with Gasteiger partial charge in [0.2, 0.25) is 0 Å². The van der Waals surface area contributed by atoms with Crippen molar-refractivity contribution in [3.8, 4) is 17.3 Å². The molecule has 0 unspecified atom stereocenters. The van der Waals surface area contributed by atoms with Gasteiger partial charge < -0.3 is 4.98 Å². The van der Waals surface area contributed by atoms with Gasteiger partial charge in [-0.1, -0.05) is 23.9 Å². The van der Waals surface area contributed by atoms with Crippen LogP contribution in [0.15, 0.2) is 28.2 Å². The predicted molar refractivity (Wildman–Crippen MR) is 71.7 cm³/mol. The van der Waals surface area contributed by atoms with E-state index in [2.05, 4.69) is 9.97 Å². The molecule has 21 heavy (non-hydrogen) atoms. The zero-order chi connectivity index (χ0) is 15.6. The smallest absolute Gasteiger partial charge is 0.270 e. The molecule has 1 heterocycles. The van der Waals surface area contributed by atoms with Crippen molar-refractivity contribution in [2.45, 2.75) is 11.6 Å². The van der Waals surface area contributed by atoms with E-state index in [-0.39, 0.29) is 10.9 Å². The van der Waals surface area contributed by atoms with Crippen molar-refractivity contribution in [2.24, 2.45) is 0 Å². The summed E-state index contributed by atoms with van der Waals surface area (Å²) in [7, 11) is 0. The van der Waals surface area contributed by atoms with Gasteiger partial charge in [0.25, 0.3) is 12.0 Å². The van der Waals surface area contributed by atoms with Crippen LogP contribution in [0.5, 0.6) is 0 Å². The number of halogens is 3. The first-order valence-electron chi connectivity index (χ1n) is 5.65. The maximum atomic E-state index is 14.0. The molecule has 2 aromatic rings. The Morgan fingerprint density at radius 1 is 1.43 bits per heavy atom. The normalized spacial score (nSPS) is 10.7. The summed E-state index contributed by atoms with van der Waals surface area (Å²) >= 11 is 1.05. The molecular weight excluding hydrogens is 303 g/mol. The largest absolute Gasteiger partial charge is 0.300 e. The van der Waals surface area contributed by atoms with Crippen LogP contribution in [0.1, 0.15) is 17.6 Å². The van der Waals surface area contributed by atoms with E-state index in [4.69, 9.17) is 5.26 Å². The molecule has 4 nitrogen and oxygen atoms in total. The van der Waals surface area contributed by atoms with Crippen LogP contribution in [0.4, 0.5) is 13.2 Å². The molecule has 0 aliphatic rings. The predicted octanol–water partition coefficient (Wildman–Crippen LogP) is 3.11. The highest BCUT2D eigenvalue weighted by Crippen LogP contribution is 2.33. The van der Waals surface area contributed by atoms with E-state index in [1.807, 2.05) is 0 Å². The Hall–Kier alpha value is -2.27. The van der Waals surface area contributed by atoms with Gasteiger partial charge in [0, 0.05) is 11.1 Å². The van der Waals surface area contributed by atoms with Crippen molar-refractivity contribution in [2.75, 3.05) is 6.26 Å². The van der Waals surface area contributed by atoms with Gasteiger partial charge in [0.15, 0.2) is 5.16 Å². The summed E-state index contributed by atoms with van der Waals surface area (Å²) in [6.45, 7) is 0. The molecule has 0 saturated carbocycles. The van der Waals surface area contributed by atoms with E-state index < -0.39 is 34.5 Å². The fourth-order valence-electron chi connectivity index (χ4n) is 1.81. The molecule has 0 aliphatic carbocycles. The number of H-pyrrole nitrogens is 1. The number of rotatable bonds is 3. The number of aromatic nitrogens is 2. The molecule has 0 aliphatic heterocycles. The maximum Gasteiger partial charge on any atom is 0.270 e. The average Bonchev–Trinajstić information content (AvgIpc) is 2.46. The summed E-state index contributed by atoms with van der Waals surface area (Å²) in [5, 5.41) is 9.13. The lowest BCUT2D eigenvalue weighted by Gasteiger charge is -2.11. The molecule has 108 valence electrons. The van der Waals surface area contributed by atoms with Crippen molar-refractivity contribution in [3.63, 3.8) is 0 Å². The number of nitrogens with zero attached hydrogens (tertiary/aromatic N) is 2. The van der Waals surface area contributed by atoms with E-state index >= 15 is 0 Å². The summed E-state index contributed by atoms with van der Waals surface area (Å²) in [4.78, 5) is 18.0. The number of nitrogens with one attached hydrogen (secondary N) is 1. The first kappa shape index (κ1) is 15.1. The highest BCUT2D eigenvalue weighted by molar-refractivity contribution is 7.98. The molecule has 1 aromatic heterocycles. The number of hydrogen-bond donors (Lipinski definition) is 1. The first-order valence-corrected chi connectivity index (χ1v) is 6.87. The minimum atomic E-state index is -2.96. The van der Waals surface area contributed by atoms with Crippen LogP contribution in [0.2, 0.25) is 0 Å². The van der Waals surface area contributed by atoms with Gasteiger partial charge in [-0.15, -0.1) is 0 Å². The lowest BCUT2D eigenvalue weighted by Crippen LogP contribution is -2.15. The zero-order valence-corrected chi connectivity index (χ0v) is 11.5. The van der Waals surface area contributed by atoms with Crippen LogP contribution in [0.3, 0.4) is 0 Å². The second kappa shape index (κ2) is 6.01. The van der Waals surface area contributed by atoms with Crippen molar-refractivity contribution in [1.82, 2.24) is 9.97 Å². The van der Waals surface area contributed by atoms with Gasteiger partial charge >= 0.3 is 0 Å². The van der Waals surface area contributed by atoms with E-state index in [1.54, 1.807) is 12.3 Å². The molecule has 0 saturated heterocycles. The number of alkyl halides is 2. The Morgan fingerprint density at radius 2 is 2.14 bits per heavy atom. The van der Waals surface area contributed by atoms with Gasteiger partial charge in [-0.3, -0.25) is 4.79 Å². The molecule has 1 N–H and O–H groups in total. The Kier molecular flexibility index (Phi) is 4.33. The van der Waals surface area contributed by atoms with E-state index in [0.717, 1.165) is 30.0 Å². The van der Waals surface area contributed by atoms with Crippen molar-refractivity contribution < 1.29 is 13.2 Å². The Bertz CT molecular complexity index is 783.